The summed E-state index contributed by atoms with van der Waals surface area (Å²) in [6.45, 7) is 3.94. The average molecular weight is 390 g/mol. The topological polar surface area (TPSA) is 96.2 Å². The lowest BCUT2D eigenvalue weighted by atomic mass is 9.86. The van der Waals surface area contributed by atoms with Crippen molar-refractivity contribution in [3.05, 3.63) is 53.2 Å². The molecule has 8 heteroatoms. The van der Waals surface area contributed by atoms with Crippen LogP contribution in [0.5, 0.6) is 5.75 Å². The van der Waals surface area contributed by atoms with Gasteiger partial charge in [-0.25, -0.2) is 0 Å². The minimum Gasteiger partial charge on any atom is -0.508 e. The van der Waals surface area contributed by atoms with Crippen molar-refractivity contribution in [3.8, 4) is 11.6 Å². The smallest absolute Gasteiger partial charge is 0.226 e. The number of nitrogens with one attached hydrogen (secondary N) is 1. The fourth-order valence-electron chi connectivity index (χ4n) is 4.29. The van der Waals surface area contributed by atoms with Gasteiger partial charge in [0.15, 0.2) is 11.6 Å². The van der Waals surface area contributed by atoms with Gasteiger partial charge in [-0.3, -0.25) is 4.79 Å². The molecule has 0 saturated carbocycles. The predicted molar refractivity (Wildman–Crippen MR) is 109 cm³/mol. The van der Waals surface area contributed by atoms with E-state index in [0.717, 1.165) is 35.7 Å². The van der Waals surface area contributed by atoms with Crippen LogP contribution in [0, 0.1) is 6.92 Å². The third-order valence-corrected chi connectivity index (χ3v) is 5.66. The van der Waals surface area contributed by atoms with Gasteiger partial charge in [0.25, 0.3) is 0 Å². The van der Waals surface area contributed by atoms with Crippen molar-refractivity contribution in [3.63, 3.8) is 0 Å². The molecule has 0 radical (unpaired) electrons. The average Bonchev–Trinajstić information content (AvgIpc) is 3.36. The Balaban J connectivity index is 1.55. The predicted octanol–water partition coefficient (Wildman–Crippen LogP) is 2.75. The molecule has 0 bridgehead atoms. The van der Waals surface area contributed by atoms with E-state index in [2.05, 4.69) is 25.5 Å². The molecule has 8 nitrogen and oxygen atoms in total. The molecule has 1 atom stereocenters. The van der Waals surface area contributed by atoms with E-state index in [0.29, 0.717) is 18.1 Å². The highest BCUT2D eigenvalue weighted by Gasteiger charge is 2.33. The van der Waals surface area contributed by atoms with Gasteiger partial charge >= 0.3 is 0 Å². The molecule has 5 rings (SSSR count). The maximum atomic E-state index is 12.5. The zero-order valence-electron chi connectivity index (χ0n) is 16.2. The first-order valence-electron chi connectivity index (χ1n) is 9.87. The lowest BCUT2D eigenvalue weighted by Crippen LogP contribution is -2.25. The summed E-state index contributed by atoms with van der Waals surface area (Å²) in [4.78, 5) is 14.7. The van der Waals surface area contributed by atoms with Gasteiger partial charge in [0, 0.05) is 31.0 Å². The number of anilines is 2. The highest BCUT2D eigenvalue weighted by atomic mass is 16.3. The number of amides is 1. The molecule has 2 aliphatic rings. The number of fused-ring (bicyclic) bond motifs is 1. The summed E-state index contributed by atoms with van der Waals surface area (Å²) in [6, 6.07) is 10.9. The zero-order chi connectivity index (χ0) is 20.0. The first-order valence-corrected chi connectivity index (χ1v) is 9.87. The molecule has 2 aliphatic heterocycles. The van der Waals surface area contributed by atoms with Gasteiger partial charge in [-0.2, -0.15) is 9.78 Å². The maximum absolute atomic E-state index is 12.5. The minimum atomic E-state index is -0.170. The van der Waals surface area contributed by atoms with Gasteiger partial charge in [0.05, 0.1) is 5.69 Å². The quantitative estimate of drug-likeness (QED) is 0.714. The summed E-state index contributed by atoms with van der Waals surface area (Å²) in [7, 11) is 0. The number of carbonyl (C=O) groups excluding carboxylic acids is 1. The van der Waals surface area contributed by atoms with Gasteiger partial charge < -0.3 is 15.3 Å². The second kappa shape index (κ2) is 6.88. The number of aromatic nitrogens is 4. The third-order valence-electron chi connectivity index (χ3n) is 5.66. The van der Waals surface area contributed by atoms with Crippen molar-refractivity contribution in [1.82, 2.24) is 20.0 Å². The Morgan fingerprint density at radius 2 is 1.86 bits per heavy atom. The van der Waals surface area contributed by atoms with Crippen LogP contribution >= 0.6 is 0 Å². The van der Waals surface area contributed by atoms with Gasteiger partial charge in [0.2, 0.25) is 5.91 Å². The third kappa shape index (κ3) is 3.10. The summed E-state index contributed by atoms with van der Waals surface area (Å²) < 4.78 is 1.65. The van der Waals surface area contributed by atoms with E-state index < -0.39 is 0 Å². The number of nitrogens with zero attached hydrogens (tertiary/aromatic N) is 5. The number of rotatable bonds is 3. The lowest BCUT2D eigenvalue weighted by Gasteiger charge is -2.24. The summed E-state index contributed by atoms with van der Waals surface area (Å²) in [6.07, 6.45) is 2.66. The normalized spacial score (nSPS) is 18.6. The van der Waals surface area contributed by atoms with E-state index in [9.17, 15) is 9.90 Å². The van der Waals surface area contributed by atoms with Crippen molar-refractivity contribution in [1.29, 1.82) is 0 Å². The molecule has 1 fully saturated rings. The number of phenols is 1. The van der Waals surface area contributed by atoms with Gasteiger partial charge in [0.1, 0.15) is 11.6 Å². The Labute approximate surface area is 168 Å². The van der Waals surface area contributed by atoms with Crippen LogP contribution in [0.25, 0.3) is 5.82 Å². The van der Waals surface area contributed by atoms with Crippen molar-refractivity contribution < 1.29 is 9.90 Å². The standard InChI is InChI=1S/C21H22N6O2/c1-13-20-16(14-5-4-6-15(28)11-14)12-19(29)22-21(20)27(25-13)18-8-7-17(23-24-18)26-9-2-3-10-26/h4-8,11,16,28H,2-3,9-10,12H2,1H3,(H,22,29). The number of benzene rings is 1. The van der Waals surface area contributed by atoms with Crippen LogP contribution in [-0.4, -0.2) is 44.1 Å². The Morgan fingerprint density at radius 3 is 2.59 bits per heavy atom. The SMILES string of the molecule is Cc1nn(-c2ccc(N3CCCC3)nn2)c2c1C(c1cccc(O)c1)CC(=O)N2. The van der Waals surface area contributed by atoms with E-state index in [1.165, 1.54) is 12.8 Å². The number of phenolic OH excluding ortho intramolecular Hbond substituents is 1. The Morgan fingerprint density at radius 1 is 1.10 bits per heavy atom. The molecular weight excluding hydrogens is 368 g/mol. The zero-order valence-corrected chi connectivity index (χ0v) is 16.2. The van der Waals surface area contributed by atoms with Crippen LogP contribution < -0.4 is 10.2 Å². The van der Waals surface area contributed by atoms with E-state index in [1.54, 1.807) is 22.9 Å². The van der Waals surface area contributed by atoms with Crippen LogP contribution in [0.1, 0.15) is 42.0 Å². The van der Waals surface area contributed by atoms with Crippen LogP contribution in [0.2, 0.25) is 0 Å². The van der Waals surface area contributed by atoms with E-state index in [4.69, 9.17) is 0 Å². The summed E-state index contributed by atoms with van der Waals surface area (Å²) >= 11 is 0. The van der Waals surface area contributed by atoms with E-state index in [-0.39, 0.29) is 17.6 Å². The van der Waals surface area contributed by atoms with Crippen molar-refractivity contribution in [2.45, 2.75) is 32.1 Å². The molecule has 2 aromatic heterocycles. The summed E-state index contributed by atoms with van der Waals surface area (Å²) in [5.41, 5.74) is 2.65. The van der Waals surface area contributed by atoms with Crippen LogP contribution in [-0.2, 0) is 4.79 Å². The molecule has 0 aliphatic carbocycles. The van der Waals surface area contributed by atoms with Crippen LogP contribution in [0.15, 0.2) is 36.4 Å². The van der Waals surface area contributed by atoms with Crippen molar-refractivity contribution in [2.75, 3.05) is 23.3 Å². The fourth-order valence-corrected chi connectivity index (χ4v) is 4.29. The molecule has 1 saturated heterocycles. The monoisotopic (exact) mass is 390 g/mol. The molecule has 0 spiro atoms. The molecule has 148 valence electrons. The highest BCUT2D eigenvalue weighted by molar-refractivity contribution is 5.95. The molecule has 29 heavy (non-hydrogen) atoms. The first-order chi connectivity index (χ1) is 14.1. The van der Waals surface area contributed by atoms with Gasteiger partial charge in [-0.05, 0) is 49.6 Å². The molecule has 2 N–H and O–H groups in total. The van der Waals surface area contributed by atoms with E-state index >= 15 is 0 Å². The number of carbonyl (C=O) groups is 1. The second-order valence-corrected chi connectivity index (χ2v) is 7.60. The second-order valence-electron chi connectivity index (χ2n) is 7.60. The van der Waals surface area contributed by atoms with Crippen LogP contribution in [0.3, 0.4) is 0 Å². The first kappa shape index (κ1) is 17.7. The Hall–Kier alpha value is -3.42. The molecule has 1 unspecified atom stereocenters. The molecule has 3 aromatic rings. The molecule has 4 heterocycles. The summed E-state index contributed by atoms with van der Waals surface area (Å²) in [5, 5.41) is 26.2. The van der Waals surface area contributed by atoms with Crippen molar-refractivity contribution >= 4 is 17.5 Å². The van der Waals surface area contributed by atoms with Gasteiger partial charge in [-0.15, -0.1) is 10.2 Å². The molecule has 1 aromatic carbocycles. The van der Waals surface area contributed by atoms with Crippen molar-refractivity contribution in [2.24, 2.45) is 0 Å². The minimum absolute atomic E-state index is 0.0892. The lowest BCUT2D eigenvalue weighted by molar-refractivity contribution is -0.116. The number of hydrogen-bond donors (Lipinski definition) is 2. The maximum Gasteiger partial charge on any atom is 0.226 e. The fraction of sp³-hybridized carbons (Fsp3) is 0.333. The molecule has 1 amide bonds. The van der Waals surface area contributed by atoms with Gasteiger partial charge in [-0.1, -0.05) is 12.1 Å². The van der Waals surface area contributed by atoms with Crippen LogP contribution in [0.4, 0.5) is 11.6 Å². The number of hydrogen-bond acceptors (Lipinski definition) is 6. The Kier molecular flexibility index (Phi) is 4.19. The number of aromatic hydroxyl groups is 1. The Bertz CT molecular complexity index is 1070. The summed E-state index contributed by atoms with van der Waals surface area (Å²) in [5.74, 6) is 1.98. The van der Waals surface area contributed by atoms with E-state index in [1.807, 2.05) is 25.1 Å². The largest absolute Gasteiger partial charge is 0.508 e. The molecular formula is C21H22N6O2. The highest BCUT2D eigenvalue weighted by Crippen LogP contribution is 2.40. The number of aryl methyl sites for hydroxylation is 1.